The number of rotatable bonds is 2. The molecule has 5 nitrogen and oxygen atoms in total. The van der Waals surface area contributed by atoms with E-state index in [1.54, 1.807) is 6.07 Å². The molecule has 6 heteroatoms. The summed E-state index contributed by atoms with van der Waals surface area (Å²) in [5, 5.41) is 10.6. The molecule has 0 saturated carbocycles. The average molecular weight is 238 g/mol. The lowest BCUT2D eigenvalue weighted by molar-refractivity contribution is -0.385. The van der Waals surface area contributed by atoms with Crippen LogP contribution < -0.4 is 0 Å². The Morgan fingerprint density at radius 3 is 2.88 bits per heavy atom. The zero-order valence-electron chi connectivity index (χ0n) is 9.06. The lowest BCUT2D eigenvalue weighted by atomic mass is 9.99. The Balaban J connectivity index is 2.26. The number of nitrogens with zero attached hydrogens (tertiary/aromatic N) is 2. The summed E-state index contributed by atoms with van der Waals surface area (Å²) in [6, 6.07) is 4.60. The fourth-order valence-electron chi connectivity index (χ4n) is 1.95. The Labute approximate surface area is 97.0 Å². The van der Waals surface area contributed by atoms with E-state index in [4.69, 9.17) is 0 Å². The second-order valence-electron chi connectivity index (χ2n) is 3.91. The quantitative estimate of drug-likeness (QED) is 0.578. The molecule has 0 aromatic heterocycles. The van der Waals surface area contributed by atoms with Crippen LogP contribution in [0.4, 0.5) is 10.1 Å². The van der Waals surface area contributed by atoms with Gasteiger partial charge in [0, 0.05) is 25.2 Å². The maximum absolute atomic E-state index is 12.3. The molecule has 1 aliphatic heterocycles. The third-order valence-electron chi connectivity index (χ3n) is 2.88. The van der Waals surface area contributed by atoms with Crippen molar-refractivity contribution in [1.29, 1.82) is 0 Å². The summed E-state index contributed by atoms with van der Waals surface area (Å²) >= 11 is 0. The van der Waals surface area contributed by atoms with E-state index in [1.807, 2.05) is 0 Å². The summed E-state index contributed by atoms with van der Waals surface area (Å²) in [4.78, 5) is 22.7. The molecule has 0 aliphatic carbocycles. The molecular weight excluding hydrogens is 227 g/mol. The van der Waals surface area contributed by atoms with Crippen LogP contribution >= 0.6 is 0 Å². The number of hydrogen-bond donors (Lipinski definition) is 0. The number of halogens is 1. The maximum atomic E-state index is 12.3. The van der Waals surface area contributed by atoms with Gasteiger partial charge >= 0.3 is 0 Å². The molecule has 0 atom stereocenters. The Bertz CT molecular complexity index is 476. The third-order valence-corrected chi connectivity index (χ3v) is 2.88. The summed E-state index contributed by atoms with van der Waals surface area (Å²) in [5.74, 6) is -0.567. The SMILES string of the molecule is O=C(CF)N1CCc2ccc([N+](=O)[O-])cc2C1. The van der Waals surface area contributed by atoms with Crippen LogP contribution in [0.5, 0.6) is 0 Å². The van der Waals surface area contributed by atoms with Crippen LogP contribution in [0, 0.1) is 10.1 Å². The van der Waals surface area contributed by atoms with Crippen molar-refractivity contribution in [3.05, 3.63) is 39.4 Å². The van der Waals surface area contributed by atoms with Crippen molar-refractivity contribution in [2.75, 3.05) is 13.2 Å². The topological polar surface area (TPSA) is 63.5 Å². The van der Waals surface area contributed by atoms with E-state index < -0.39 is 17.5 Å². The monoisotopic (exact) mass is 238 g/mol. The van der Waals surface area contributed by atoms with Gasteiger partial charge in [-0.2, -0.15) is 0 Å². The standard InChI is InChI=1S/C11H11FN2O3/c12-6-11(15)13-4-3-8-1-2-10(14(16)17)5-9(8)7-13/h1-2,5H,3-4,6-7H2. The van der Waals surface area contributed by atoms with Crippen molar-refractivity contribution in [2.45, 2.75) is 13.0 Å². The van der Waals surface area contributed by atoms with Crippen molar-refractivity contribution in [3.8, 4) is 0 Å². The molecule has 0 radical (unpaired) electrons. The van der Waals surface area contributed by atoms with Crippen LogP contribution in [0.25, 0.3) is 0 Å². The zero-order valence-corrected chi connectivity index (χ0v) is 9.06. The highest BCUT2D eigenvalue weighted by molar-refractivity contribution is 5.77. The summed E-state index contributed by atoms with van der Waals surface area (Å²) < 4.78 is 12.3. The molecule has 2 rings (SSSR count). The van der Waals surface area contributed by atoms with Crippen LogP contribution in [-0.4, -0.2) is 28.9 Å². The normalized spacial score (nSPS) is 14.3. The van der Waals surface area contributed by atoms with E-state index in [-0.39, 0.29) is 12.2 Å². The molecule has 0 fully saturated rings. The molecule has 1 amide bonds. The van der Waals surface area contributed by atoms with Gasteiger partial charge in [0.15, 0.2) is 6.67 Å². The van der Waals surface area contributed by atoms with Crippen LogP contribution in [0.2, 0.25) is 0 Å². The molecule has 0 saturated heterocycles. The smallest absolute Gasteiger partial charge is 0.269 e. The molecule has 1 aliphatic rings. The Morgan fingerprint density at radius 2 is 2.24 bits per heavy atom. The van der Waals surface area contributed by atoms with Crippen LogP contribution in [0.15, 0.2) is 18.2 Å². The van der Waals surface area contributed by atoms with Crippen LogP contribution in [0.1, 0.15) is 11.1 Å². The number of nitro benzene ring substituents is 1. The van der Waals surface area contributed by atoms with Crippen molar-refractivity contribution in [3.63, 3.8) is 0 Å². The van der Waals surface area contributed by atoms with Crippen molar-refractivity contribution in [2.24, 2.45) is 0 Å². The number of carbonyl (C=O) groups is 1. The van der Waals surface area contributed by atoms with Gasteiger partial charge in [-0.25, -0.2) is 4.39 Å². The minimum absolute atomic E-state index is 0.00158. The molecule has 0 unspecified atom stereocenters. The zero-order chi connectivity index (χ0) is 12.4. The lowest BCUT2D eigenvalue weighted by Gasteiger charge is -2.27. The van der Waals surface area contributed by atoms with Gasteiger partial charge in [-0.1, -0.05) is 6.07 Å². The Hall–Kier alpha value is -1.98. The van der Waals surface area contributed by atoms with Gasteiger partial charge in [-0.05, 0) is 17.5 Å². The molecule has 1 heterocycles. The lowest BCUT2D eigenvalue weighted by Crippen LogP contribution is -2.36. The second kappa shape index (κ2) is 4.48. The third kappa shape index (κ3) is 2.25. The molecule has 1 aromatic carbocycles. The second-order valence-corrected chi connectivity index (χ2v) is 3.91. The molecule has 17 heavy (non-hydrogen) atoms. The molecule has 0 N–H and O–H groups in total. The predicted molar refractivity (Wildman–Crippen MR) is 58.2 cm³/mol. The van der Waals surface area contributed by atoms with Gasteiger partial charge in [-0.3, -0.25) is 14.9 Å². The number of benzene rings is 1. The van der Waals surface area contributed by atoms with Crippen molar-refractivity contribution < 1.29 is 14.1 Å². The molecule has 0 spiro atoms. The van der Waals surface area contributed by atoms with E-state index >= 15 is 0 Å². The van der Waals surface area contributed by atoms with E-state index in [0.717, 1.165) is 11.1 Å². The van der Waals surface area contributed by atoms with Gasteiger partial charge in [0.2, 0.25) is 0 Å². The van der Waals surface area contributed by atoms with E-state index in [9.17, 15) is 19.3 Å². The summed E-state index contributed by atoms with van der Waals surface area (Å²) in [5.41, 5.74) is 1.71. The van der Waals surface area contributed by atoms with Gasteiger partial charge in [0.05, 0.1) is 4.92 Å². The van der Waals surface area contributed by atoms with E-state index in [1.165, 1.54) is 17.0 Å². The molecular formula is C11H11FN2O3. The van der Waals surface area contributed by atoms with Gasteiger partial charge < -0.3 is 4.90 Å². The van der Waals surface area contributed by atoms with Gasteiger partial charge in [0.25, 0.3) is 11.6 Å². The average Bonchev–Trinajstić information content (AvgIpc) is 2.36. The first-order valence-corrected chi connectivity index (χ1v) is 5.21. The number of alkyl halides is 1. The Morgan fingerprint density at radius 1 is 1.47 bits per heavy atom. The van der Waals surface area contributed by atoms with Crippen LogP contribution in [0.3, 0.4) is 0 Å². The largest absolute Gasteiger partial charge is 0.336 e. The first kappa shape index (κ1) is 11.5. The van der Waals surface area contributed by atoms with Gasteiger partial charge in [0.1, 0.15) is 0 Å². The summed E-state index contributed by atoms with van der Waals surface area (Å²) in [6.07, 6.45) is 0.610. The minimum atomic E-state index is -1.02. The fourth-order valence-corrected chi connectivity index (χ4v) is 1.95. The fraction of sp³-hybridized carbons (Fsp3) is 0.364. The Kier molecular flexibility index (Phi) is 3.03. The highest BCUT2D eigenvalue weighted by Crippen LogP contribution is 2.23. The van der Waals surface area contributed by atoms with E-state index in [0.29, 0.717) is 13.0 Å². The van der Waals surface area contributed by atoms with Crippen LogP contribution in [-0.2, 0) is 17.8 Å². The number of carbonyl (C=O) groups excluding carboxylic acids is 1. The number of non-ortho nitro benzene ring substituents is 1. The number of nitro groups is 1. The number of hydrogen-bond acceptors (Lipinski definition) is 3. The molecule has 90 valence electrons. The first-order chi connectivity index (χ1) is 8.11. The maximum Gasteiger partial charge on any atom is 0.269 e. The summed E-state index contributed by atoms with van der Waals surface area (Å²) in [6.45, 7) is -0.308. The van der Waals surface area contributed by atoms with Crippen molar-refractivity contribution in [1.82, 2.24) is 4.90 Å². The summed E-state index contributed by atoms with van der Waals surface area (Å²) in [7, 11) is 0. The molecule has 0 bridgehead atoms. The number of amides is 1. The predicted octanol–water partition coefficient (Wildman–Crippen LogP) is 1.45. The minimum Gasteiger partial charge on any atom is -0.336 e. The van der Waals surface area contributed by atoms with E-state index in [2.05, 4.69) is 0 Å². The highest BCUT2D eigenvalue weighted by Gasteiger charge is 2.22. The number of fused-ring (bicyclic) bond motifs is 1. The highest BCUT2D eigenvalue weighted by atomic mass is 19.1. The van der Waals surface area contributed by atoms with Crippen molar-refractivity contribution >= 4 is 11.6 Å². The first-order valence-electron chi connectivity index (χ1n) is 5.21. The molecule has 1 aromatic rings. The van der Waals surface area contributed by atoms with Gasteiger partial charge in [-0.15, -0.1) is 0 Å².